The average Bonchev–Trinajstić information content (AvgIpc) is 3.61. The van der Waals surface area contributed by atoms with Crippen LogP contribution in [0.5, 0.6) is 0 Å². The van der Waals surface area contributed by atoms with Crippen LogP contribution in [0, 0.1) is 0 Å². The topological polar surface area (TPSA) is 321 Å². The Labute approximate surface area is 246 Å². The lowest BCUT2D eigenvalue weighted by molar-refractivity contribution is -0.765. The van der Waals surface area contributed by atoms with Crippen molar-refractivity contribution in [3.8, 4) is 0 Å². The Morgan fingerprint density at radius 1 is 1.05 bits per heavy atom. The predicted molar refractivity (Wildman–Crippen MR) is 137 cm³/mol. The standard InChI is InChI=1S/C21H27N7O14P2/c22-17-12-19(25-7-24-17)28(8-26-12)21-16(32)14(30)11(41-21)6-39-44(36,37)42-43(34,35)38-5-10-13(29)15(31)20(40-10)27-3-1-2-9(4-27)18(23)33/h1-4,7-8,10-11,13-16,20-21,29-32H,5-6H2,(H5-,22,23,24,25,33,34,35,36,37)/t10-,11+,13-,14-,15-,16-,20+,21-/m1/s1. The van der Waals surface area contributed by atoms with Gasteiger partial charge in [-0.2, -0.15) is 4.57 Å². The molecule has 44 heavy (non-hydrogen) atoms. The highest BCUT2D eigenvalue weighted by Gasteiger charge is 2.49. The van der Waals surface area contributed by atoms with Crippen molar-refractivity contribution in [2.45, 2.75) is 49.1 Å². The molecule has 2 fully saturated rings. The normalized spacial score (nSPS) is 31.6. The number of amides is 1. The first-order valence-corrected chi connectivity index (χ1v) is 15.5. The van der Waals surface area contributed by atoms with Gasteiger partial charge in [0.2, 0.25) is 0 Å². The minimum absolute atomic E-state index is 0.0446. The largest absolute Gasteiger partial charge is 0.756 e. The van der Waals surface area contributed by atoms with E-state index in [1.807, 2.05) is 0 Å². The lowest BCUT2D eigenvalue weighted by atomic mass is 10.1. The van der Waals surface area contributed by atoms with Crippen LogP contribution >= 0.6 is 15.6 Å². The second-order valence-electron chi connectivity index (χ2n) is 9.67. The number of ether oxygens (including phenoxy) is 2. The number of hydrogen-bond acceptors (Lipinski definition) is 17. The molecule has 23 heteroatoms. The zero-order chi connectivity index (χ0) is 32.0. The Morgan fingerprint density at radius 2 is 1.73 bits per heavy atom. The van der Waals surface area contributed by atoms with Crippen molar-refractivity contribution in [2.24, 2.45) is 5.73 Å². The van der Waals surface area contributed by atoms with E-state index in [1.165, 1.54) is 40.0 Å². The molecule has 2 aliphatic rings. The van der Waals surface area contributed by atoms with Crippen molar-refractivity contribution in [1.29, 1.82) is 0 Å². The van der Waals surface area contributed by atoms with E-state index in [4.69, 9.17) is 20.9 Å². The molecule has 0 saturated carbocycles. The predicted octanol–water partition coefficient (Wildman–Crippen LogP) is -3.65. The fourth-order valence-electron chi connectivity index (χ4n) is 4.57. The van der Waals surface area contributed by atoms with Gasteiger partial charge in [0.1, 0.15) is 47.9 Å². The number of anilines is 1. The molecule has 5 heterocycles. The molecule has 2 saturated heterocycles. The van der Waals surface area contributed by atoms with Gasteiger partial charge in [0, 0.05) is 6.07 Å². The Hall–Kier alpha value is -3.01. The number of fused-ring (bicyclic) bond motifs is 1. The summed E-state index contributed by atoms with van der Waals surface area (Å²) < 4.78 is 51.5. The highest BCUT2D eigenvalue weighted by molar-refractivity contribution is 7.60. The molecule has 0 radical (unpaired) electrons. The number of nitrogen functional groups attached to an aromatic ring is 1. The summed E-state index contributed by atoms with van der Waals surface area (Å²) in [5, 5.41) is 41.6. The molecule has 0 spiro atoms. The van der Waals surface area contributed by atoms with Crippen LogP contribution in [0.3, 0.4) is 0 Å². The number of nitrogens with zero attached hydrogens (tertiary/aromatic N) is 5. The molecule has 0 aliphatic carbocycles. The minimum atomic E-state index is -5.62. The molecule has 3 aromatic heterocycles. The molecule has 240 valence electrons. The van der Waals surface area contributed by atoms with Crippen LogP contribution in [0.15, 0.2) is 37.2 Å². The molecule has 3 aromatic rings. The van der Waals surface area contributed by atoms with E-state index in [0.717, 1.165) is 6.33 Å². The highest BCUT2D eigenvalue weighted by atomic mass is 31.3. The molecule has 5 rings (SSSR count). The van der Waals surface area contributed by atoms with E-state index < -0.39 is 83.8 Å². The Kier molecular flexibility index (Phi) is 9.13. The number of aliphatic hydroxyl groups excluding tert-OH is 4. The number of aliphatic hydroxyl groups is 4. The maximum absolute atomic E-state index is 12.4. The molecule has 9 N–H and O–H groups in total. The molecular weight excluding hydrogens is 636 g/mol. The fraction of sp³-hybridized carbons (Fsp3) is 0.476. The number of aromatic nitrogens is 5. The molecule has 1 amide bonds. The number of carbonyl (C=O) groups excluding carboxylic acids is 1. The van der Waals surface area contributed by atoms with Crippen molar-refractivity contribution in [3.63, 3.8) is 0 Å². The number of phosphoric ester groups is 2. The van der Waals surface area contributed by atoms with Crippen LogP contribution in [0.4, 0.5) is 5.82 Å². The number of carbonyl (C=O) groups is 1. The second kappa shape index (κ2) is 12.4. The summed E-state index contributed by atoms with van der Waals surface area (Å²) in [4.78, 5) is 45.5. The number of primary amides is 1. The number of pyridine rings is 1. The van der Waals surface area contributed by atoms with E-state index in [0.29, 0.717) is 0 Å². The number of hydrogen-bond donors (Lipinski definition) is 7. The van der Waals surface area contributed by atoms with Gasteiger partial charge in [0.15, 0.2) is 36.2 Å². The van der Waals surface area contributed by atoms with Crippen LogP contribution in [-0.2, 0) is 32.0 Å². The lowest BCUT2D eigenvalue weighted by Crippen LogP contribution is -2.46. The molecule has 0 bridgehead atoms. The van der Waals surface area contributed by atoms with E-state index in [-0.39, 0.29) is 22.5 Å². The van der Waals surface area contributed by atoms with Crippen LogP contribution < -0.4 is 20.9 Å². The SMILES string of the molecule is NC(=O)c1ccc[n+]([C@H]2O[C@H](COP(=O)([O-])OP(=O)(O)OC[C@@H]3O[C@@H](n4cnc5c(N)ncnc54)[C@H](O)[C@@H]3O)[C@@H](O)[C@H]2O)c1. The van der Waals surface area contributed by atoms with Crippen LogP contribution in [0.2, 0.25) is 0 Å². The molecule has 10 atom stereocenters. The summed E-state index contributed by atoms with van der Waals surface area (Å²) in [6, 6.07) is 2.82. The van der Waals surface area contributed by atoms with E-state index >= 15 is 0 Å². The van der Waals surface area contributed by atoms with Gasteiger partial charge in [0.05, 0.1) is 19.5 Å². The Morgan fingerprint density at radius 3 is 2.45 bits per heavy atom. The fourth-order valence-corrected chi connectivity index (χ4v) is 6.62. The van der Waals surface area contributed by atoms with Crippen molar-refractivity contribution < 1.29 is 71.5 Å². The third-order valence-electron chi connectivity index (χ3n) is 6.74. The first kappa shape index (κ1) is 32.4. The van der Waals surface area contributed by atoms with Gasteiger partial charge in [-0.1, -0.05) is 0 Å². The van der Waals surface area contributed by atoms with Crippen molar-refractivity contribution in [3.05, 3.63) is 42.7 Å². The van der Waals surface area contributed by atoms with Gasteiger partial charge in [-0.15, -0.1) is 0 Å². The lowest BCUT2D eigenvalue weighted by Gasteiger charge is -2.26. The summed E-state index contributed by atoms with van der Waals surface area (Å²) in [6.45, 7) is -1.89. The van der Waals surface area contributed by atoms with Crippen LogP contribution in [-0.4, -0.2) is 101 Å². The third-order valence-corrected chi connectivity index (χ3v) is 9.30. The zero-order valence-corrected chi connectivity index (χ0v) is 24.0. The first-order chi connectivity index (χ1) is 20.7. The maximum atomic E-state index is 12.4. The molecule has 2 unspecified atom stereocenters. The number of rotatable bonds is 11. The van der Waals surface area contributed by atoms with Crippen molar-refractivity contribution in [1.82, 2.24) is 19.5 Å². The van der Waals surface area contributed by atoms with E-state index in [9.17, 15) is 44.1 Å². The quantitative estimate of drug-likeness (QED) is 0.0768. The molecular formula is C21H27N7O14P2. The Bertz CT molecular complexity index is 1630. The van der Waals surface area contributed by atoms with Gasteiger partial charge < -0.3 is 55.7 Å². The first-order valence-electron chi connectivity index (χ1n) is 12.6. The average molecular weight is 663 g/mol. The minimum Gasteiger partial charge on any atom is -0.756 e. The van der Waals surface area contributed by atoms with Gasteiger partial charge in [0.25, 0.3) is 20.0 Å². The van der Waals surface area contributed by atoms with Crippen LogP contribution in [0.1, 0.15) is 22.8 Å². The number of nitrogens with two attached hydrogens (primary N) is 2. The summed E-state index contributed by atoms with van der Waals surface area (Å²) >= 11 is 0. The van der Waals surface area contributed by atoms with Crippen molar-refractivity contribution >= 4 is 38.5 Å². The van der Waals surface area contributed by atoms with Gasteiger partial charge >= 0.3 is 7.82 Å². The van der Waals surface area contributed by atoms with Crippen LogP contribution in [0.25, 0.3) is 11.2 Å². The van der Waals surface area contributed by atoms with Gasteiger partial charge in [-0.3, -0.25) is 18.5 Å². The molecule has 21 nitrogen and oxygen atoms in total. The molecule has 2 aliphatic heterocycles. The number of imidazole rings is 1. The van der Waals surface area contributed by atoms with Gasteiger partial charge in [-0.25, -0.2) is 23.8 Å². The number of phosphoric acid groups is 2. The summed E-state index contributed by atoms with van der Waals surface area (Å²) in [6.07, 6.45) is -7.05. The monoisotopic (exact) mass is 663 g/mol. The van der Waals surface area contributed by atoms with E-state index in [2.05, 4.69) is 28.3 Å². The Balaban J connectivity index is 1.16. The smallest absolute Gasteiger partial charge is 0.478 e. The van der Waals surface area contributed by atoms with Crippen molar-refractivity contribution in [2.75, 3.05) is 18.9 Å². The summed E-state index contributed by atoms with van der Waals surface area (Å²) in [7, 11) is -11.0. The highest BCUT2D eigenvalue weighted by Crippen LogP contribution is 2.58. The third kappa shape index (κ3) is 6.65. The van der Waals surface area contributed by atoms with Gasteiger partial charge in [-0.05, 0) is 6.07 Å². The zero-order valence-electron chi connectivity index (χ0n) is 22.2. The van der Waals surface area contributed by atoms with E-state index in [1.54, 1.807) is 0 Å². The molecule has 0 aromatic carbocycles. The summed E-state index contributed by atoms with van der Waals surface area (Å²) in [5.74, 6) is -0.729. The second-order valence-corrected chi connectivity index (χ2v) is 12.7. The maximum Gasteiger partial charge on any atom is 0.478 e. The summed E-state index contributed by atoms with van der Waals surface area (Å²) in [5.41, 5.74) is 11.4.